The van der Waals surface area contributed by atoms with Crippen LogP contribution in [0, 0.1) is 17.0 Å². The van der Waals surface area contributed by atoms with Gasteiger partial charge >= 0.3 is 6.03 Å². The summed E-state index contributed by atoms with van der Waals surface area (Å²) in [5.41, 5.74) is 2.08. The lowest BCUT2D eigenvalue weighted by Crippen LogP contribution is -2.54. The van der Waals surface area contributed by atoms with Crippen LogP contribution in [0.2, 0.25) is 0 Å². The summed E-state index contributed by atoms with van der Waals surface area (Å²) in [5.74, 6) is 0.627. The molecule has 4 rings (SSSR count). The first-order valence-electron chi connectivity index (χ1n) is 10.2. The van der Waals surface area contributed by atoms with Crippen LogP contribution < -0.4 is 5.32 Å². The predicted octanol–water partition coefficient (Wildman–Crippen LogP) is 4.12. The van der Waals surface area contributed by atoms with Gasteiger partial charge in [-0.05, 0) is 43.5 Å². The zero-order valence-corrected chi connectivity index (χ0v) is 18.1. The highest BCUT2D eigenvalue weighted by Gasteiger charge is 2.47. The summed E-state index contributed by atoms with van der Waals surface area (Å²) < 4.78 is 0. The molecule has 0 unspecified atom stereocenters. The Morgan fingerprint density at radius 1 is 1.10 bits per heavy atom. The molecular weight excluding hydrogens is 416 g/mol. The minimum atomic E-state index is -0.489. The lowest BCUT2D eigenvalue weighted by atomic mass is 10.0. The van der Waals surface area contributed by atoms with Gasteiger partial charge in [0.2, 0.25) is 0 Å². The maximum atomic E-state index is 13.2. The van der Waals surface area contributed by atoms with Crippen LogP contribution in [0.5, 0.6) is 0 Å². The second kappa shape index (κ2) is 8.58. The lowest BCUT2D eigenvalue weighted by molar-refractivity contribution is -0.384. The first kappa shape index (κ1) is 21.2. The van der Waals surface area contributed by atoms with Crippen molar-refractivity contribution in [3.8, 4) is 0 Å². The number of hydrogen-bond donors (Lipinski definition) is 1. The number of thioether (sulfide) groups is 1. The fourth-order valence-corrected chi connectivity index (χ4v) is 5.66. The number of urea groups is 1. The van der Waals surface area contributed by atoms with Crippen molar-refractivity contribution in [1.82, 2.24) is 9.80 Å². The molecular formula is C22H24N4O4S. The second-order valence-corrected chi connectivity index (χ2v) is 9.30. The van der Waals surface area contributed by atoms with Gasteiger partial charge in [-0.15, -0.1) is 11.8 Å². The molecule has 0 bridgehead atoms. The molecule has 31 heavy (non-hydrogen) atoms. The summed E-state index contributed by atoms with van der Waals surface area (Å²) in [6.07, 6.45) is 1.33. The molecule has 2 aliphatic rings. The zero-order chi connectivity index (χ0) is 22.0. The summed E-state index contributed by atoms with van der Waals surface area (Å²) in [6.45, 7) is 3.67. The molecule has 9 heteroatoms. The first-order chi connectivity index (χ1) is 14.9. The van der Waals surface area contributed by atoms with E-state index < -0.39 is 4.92 Å². The highest BCUT2D eigenvalue weighted by atomic mass is 32.2. The Bertz CT molecular complexity index is 1020. The van der Waals surface area contributed by atoms with Crippen LogP contribution in [0.1, 0.15) is 28.8 Å². The molecule has 2 aromatic rings. The maximum Gasteiger partial charge on any atom is 0.321 e. The SMILES string of the molecule is Cc1cccc(NC(=O)N2CCC3(CC2)SCCN3C(=O)c2cccc([N+](=O)[O-])c2)c1. The molecule has 0 aliphatic carbocycles. The van der Waals surface area contributed by atoms with Gasteiger partial charge in [-0.2, -0.15) is 0 Å². The Balaban J connectivity index is 1.43. The zero-order valence-electron chi connectivity index (χ0n) is 17.2. The largest absolute Gasteiger partial charge is 0.324 e. The van der Waals surface area contributed by atoms with E-state index >= 15 is 0 Å². The highest BCUT2D eigenvalue weighted by molar-refractivity contribution is 8.00. The second-order valence-electron chi connectivity index (χ2n) is 7.85. The molecule has 162 valence electrons. The van der Waals surface area contributed by atoms with Gasteiger partial charge < -0.3 is 15.1 Å². The highest BCUT2D eigenvalue weighted by Crippen LogP contribution is 2.44. The van der Waals surface area contributed by atoms with Gasteiger partial charge in [0.05, 0.1) is 9.79 Å². The smallest absolute Gasteiger partial charge is 0.321 e. The molecule has 1 spiro atoms. The van der Waals surface area contributed by atoms with E-state index in [4.69, 9.17) is 0 Å². The number of nitro benzene ring substituents is 1. The van der Waals surface area contributed by atoms with Crippen molar-refractivity contribution in [3.05, 3.63) is 69.8 Å². The van der Waals surface area contributed by atoms with E-state index in [1.165, 1.54) is 12.1 Å². The van der Waals surface area contributed by atoms with Gasteiger partial charge in [0.1, 0.15) is 0 Å². The molecule has 2 aromatic carbocycles. The molecule has 8 nitrogen and oxygen atoms in total. The number of nitrogens with zero attached hydrogens (tertiary/aromatic N) is 3. The number of nitro groups is 1. The predicted molar refractivity (Wildman–Crippen MR) is 120 cm³/mol. The Labute approximate surface area is 184 Å². The molecule has 0 aromatic heterocycles. The molecule has 2 fully saturated rings. The van der Waals surface area contributed by atoms with E-state index in [2.05, 4.69) is 5.32 Å². The summed E-state index contributed by atoms with van der Waals surface area (Å²) in [5, 5.41) is 14.0. The molecule has 3 amide bonds. The number of likely N-dealkylation sites (tertiary alicyclic amines) is 1. The van der Waals surface area contributed by atoms with Crippen LogP contribution >= 0.6 is 11.8 Å². The van der Waals surface area contributed by atoms with Crippen molar-refractivity contribution >= 4 is 35.1 Å². The molecule has 2 aliphatic heterocycles. The van der Waals surface area contributed by atoms with Crippen LogP contribution in [0.25, 0.3) is 0 Å². The number of carbonyl (C=O) groups is 2. The summed E-state index contributed by atoms with van der Waals surface area (Å²) in [6, 6.07) is 13.4. The van der Waals surface area contributed by atoms with E-state index in [-0.39, 0.29) is 22.5 Å². The van der Waals surface area contributed by atoms with Crippen LogP contribution in [0.15, 0.2) is 48.5 Å². The van der Waals surface area contributed by atoms with Crippen molar-refractivity contribution in [3.63, 3.8) is 0 Å². The van der Waals surface area contributed by atoms with Crippen LogP contribution in [-0.2, 0) is 0 Å². The van der Waals surface area contributed by atoms with Gasteiger partial charge in [-0.3, -0.25) is 14.9 Å². The van der Waals surface area contributed by atoms with Crippen molar-refractivity contribution in [2.24, 2.45) is 0 Å². The van der Waals surface area contributed by atoms with Gasteiger partial charge in [0, 0.05) is 48.8 Å². The standard InChI is InChI=1S/C22H24N4O4S/c1-16-4-2-6-18(14-16)23-21(28)24-10-8-22(9-11-24)25(12-13-31-22)20(27)17-5-3-7-19(15-17)26(29)30/h2-7,14-15H,8-13H2,1H3,(H,23,28). The van der Waals surface area contributed by atoms with E-state index in [1.807, 2.05) is 36.1 Å². The van der Waals surface area contributed by atoms with Crippen molar-refractivity contribution in [2.75, 3.05) is 30.7 Å². The number of non-ortho nitro benzene ring substituents is 1. The van der Waals surface area contributed by atoms with E-state index in [9.17, 15) is 19.7 Å². The van der Waals surface area contributed by atoms with Gasteiger partial charge in [0.25, 0.3) is 11.6 Å². The molecule has 0 atom stereocenters. The van der Waals surface area contributed by atoms with Gasteiger partial charge in [-0.25, -0.2) is 4.79 Å². The normalized spacial score (nSPS) is 17.6. The Morgan fingerprint density at radius 3 is 2.55 bits per heavy atom. The Morgan fingerprint density at radius 2 is 1.84 bits per heavy atom. The third kappa shape index (κ3) is 4.36. The van der Waals surface area contributed by atoms with Crippen LogP contribution in [0.4, 0.5) is 16.2 Å². The summed E-state index contributed by atoms with van der Waals surface area (Å²) in [4.78, 5) is 39.7. The quantitative estimate of drug-likeness (QED) is 0.572. The van der Waals surface area contributed by atoms with Crippen molar-refractivity contribution in [2.45, 2.75) is 24.6 Å². The van der Waals surface area contributed by atoms with Crippen LogP contribution in [0.3, 0.4) is 0 Å². The first-order valence-corrected chi connectivity index (χ1v) is 11.2. The van der Waals surface area contributed by atoms with Crippen LogP contribution in [-0.4, -0.2) is 56.9 Å². The number of anilines is 1. The number of hydrogen-bond acceptors (Lipinski definition) is 5. The lowest BCUT2D eigenvalue weighted by Gasteiger charge is -2.44. The minimum absolute atomic E-state index is 0.0885. The number of benzene rings is 2. The fourth-order valence-electron chi connectivity index (χ4n) is 4.20. The number of piperidine rings is 1. The molecule has 2 saturated heterocycles. The van der Waals surface area contributed by atoms with Gasteiger partial charge in [0.15, 0.2) is 0 Å². The number of carbonyl (C=O) groups excluding carboxylic acids is 2. The van der Waals surface area contributed by atoms with E-state index in [0.717, 1.165) is 17.0 Å². The third-order valence-electron chi connectivity index (χ3n) is 5.83. The molecule has 2 heterocycles. The fraction of sp³-hybridized carbons (Fsp3) is 0.364. The Hall–Kier alpha value is -3.07. The minimum Gasteiger partial charge on any atom is -0.324 e. The van der Waals surface area contributed by atoms with Gasteiger partial charge in [-0.1, -0.05) is 18.2 Å². The van der Waals surface area contributed by atoms with Crippen molar-refractivity contribution in [1.29, 1.82) is 0 Å². The molecule has 0 saturated carbocycles. The third-order valence-corrected chi connectivity index (χ3v) is 7.38. The number of nitrogens with one attached hydrogen (secondary N) is 1. The maximum absolute atomic E-state index is 13.2. The summed E-state index contributed by atoms with van der Waals surface area (Å²) >= 11 is 1.74. The number of rotatable bonds is 3. The van der Waals surface area contributed by atoms with E-state index in [1.54, 1.807) is 28.8 Å². The molecule has 1 N–H and O–H groups in total. The monoisotopic (exact) mass is 440 g/mol. The Kier molecular flexibility index (Phi) is 5.86. The summed E-state index contributed by atoms with van der Waals surface area (Å²) in [7, 11) is 0. The van der Waals surface area contributed by atoms with E-state index in [0.29, 0.717) is 38.0 Å². The molecule has 0 radical (unpaired) electrons. The average Bonchev–Trinajstić information content (AvgIpc) is 3.16. The average molecular weight is 441 g/mol. The number of amides is 3. The van der Waals surface area contributed by atoms with Crippen molar-refractivity contribution < 1.29 is 14.5 Å². The number of aryl methyl sites for hydroxylation is 1. The topological polar surface area (TPSA) is 95.8 Å².